The molecule has 128 valence electrons. The minimum Gasteiger partial charge on any atom is -0.260 e. The summed E-state index contributed by atoms with van der Waals surface area (Å²) >= 11 is 5.17. The van der Waals surface area contributed by atoms with Crippen LogP contribution in [0, 0.1) is 13.8 Å². The van der Waals surface area contributed by atoms with Crippen LogP contribution in [0.3, 0.4) is 0 Å². The second-order valence-corrected chi connectivity index (χ2v) is 10.4. The van der Waals surface area contributed by atoms with Crippen molar-refractivity contribution in [1.82, 2.24) is 0 Å². The Kier molecular flexibility index (Phi) is 4.02. The van der Waals surface area contributed by atoms with E-state index in [2.05, 4.69) is 22.0 Å². The fraction of sp³-hybridized carbons (Fsp3) is 0.158. The van der Waals surface area contributed by atoms with Crippen LogP contribution >= 0.6 is 27.3 Å². The van der Waals surface area contributed by atoms with E-state index >= 15 is 0 Å². The Morgan fingerprint density at radius 1 is 1.04 bits per heavy atom. The molecule has 6 heteroatoms. The number of hydrogen-bond acceptors (Lipinski definition) is 3. The molecule has 0 spiro atoms. The average Bonchev–Trinajstić information content (AvgIpc) is 2.90. The standard InChI is InChI=1S/C19H16BrNO2S2/c1-12-7-9-15(10-8-12)25(22,23)21-11-14-5-3-4-6-16(14)18-17(21)13(2)19(20)24-18/h3-10H,11H2,1-2H3. The van der Waals surface area contributed by atoms with E-state index in [1.807, 2.05) is 44.2 Å². The van der Waals surface area contributed by atoms with Crippen LogP contribution in [0.4, 0.5) is 5.69 Å². The first-order valence-electron chi connectivity index (χ1n) is 7.86. The molecule has 0 saturated carbocycles. The van der Waals surface area contributed by atoms with Crippen LogP contribution in [0.2, 0.25) is 0 Å². The van der Waals surface area contributed by atoms with E-state index in [1.54, 1.807) is 27.8 Å². The number of benzene rings is 2. The van der Waals surface area contributed by atoms with Crippen molar-refractivity contribution < 1.29 is 8.42 Å². The van der Waals surface area contributed by atoms with Gasteiger partial charge in [-0.05, 0) is 58.6 Å². The summed E-state index contributed by atoms with van der Waals surface area (Å²) < 4.78 is 29.2. The Morgan fingerprint density at radius 2 is 1.72 bits per heavy atom. The fourth-order valence-electron chi connectivity index (χ4n) is 3.12. The Morgan fingerprint density at radius 3 is 2.44 bits per heavy atom. The van der Waals surface area contributed by atoms with Gasteiger partial charge < -0.3 is 0 Å². The van der Waals surface area contributed by atoms with Crippen molar-refractivity contribution >= 4 is 43.0 Å². The molecule has 0 N–H and O–H groups in total. The molecule has 3 aromatic rings. The lowest BCUT2D eigenvalue weighted by Gasteiger charge is -2.30. The van der Waals surface area contributed by atoms with Crippen molar-refractivity contribution in [2.45, 2.75) is 25.3 Å². The lowest BCUT2D eigenvalue weighted by atomic mass is 10.0. The van der Waals surface area contributed by atoms with Crippen LogP contribution in [0.5, 0.6) is 0 Å². The molecule has 0 unspecified atom stereocenters. The summed E-state index contributed by atoms with van der Waals surface area (Å²) in [5.41, 5.74) is 4.94. The molecule has 0 saturated heterocycles. The molecular formula is C19H16BrNO2S2. The molecule has 4 rings (SSSR count). The topological polar surface area (TPSA) is 37.4 Å². The van der Waals surface area contributed by atoms with Gasteiger partial charge >= 0.3 is 0 Å². The Balaban J connectivity index is 1.94. The molecule has 25 heavy (non-hydrogen) atoms. The Labute approximate surface area is 160 Å². The van der Waals surface area contributed by atoms with Crippen LogP contribution in [0.15, 0.2) is 57.2 Å². The van der Waals surface area contributed by atoms with Gasteiger partial charge in [-0.15, -0.1) is 11.3 Å². The van der Waals surface area contributed by atoms with Gasteiger partial charge in [0.05, 0.1) is 25.8 Å². The maximum atomic E-state index is 13.3. The van der Waals surface area contributed by atoms with Crippen molar-refractivity contribution in [2.75, 3.05) is 4.31 Å². The van der Waals surface area contributed by atoms with Crippen LogP contribution in [-0.4, -0.2) is 8.42 Å². The molecule has 2 aromatic carbocycles. The molecule has 1 aliphatic heterocycles. The highest BCUT2D eigenvalue weighted by Gasteiger charge is 2.35. The lowest BCUT2D eigenvalue weighted by molar-refractivity contribution is 0.590. The summed E-state index contributed by atoms with van der Waals surface area (Å²) in [6, 6.07) is 15.0. The SMILES string of the molecule is Cc1ccc(S(=O)(=O)N2Cc3ccccc3-c3sc(Br)c(C)c32)cc1. The molecule has 0 atom stereocenters. The summed E-state index contributed by atoms with van der Waals surface area (Å²) in [5, 5.41) is 0. The molecule has 3 nitrogen and oxygen atoms in total. The van der Waals surface area contributed by atoms with Gasteiger partial charge in [0.15, 0.2) is 0 Å². The highest BCUT2D eigenvalue weighted by Crippen LogP contribution is 2.50. The summed E-state index contributed by atoms with van der Waals surface area (Å²) in [5.74, 6) is 0. The number of thiophene rings is 1. The zero-order chi connectivity index (χ0) is 17.8. The zero-order valence-corrected chi connectivity index (χ0v) is 17.0. The molecule has 0 fully saturated rings. The van der Waals surface area contributed by atoms with E-state index in [0.29, 0.717) is 11.4 Å². The van der Waals surface area contributed by atoms with E-state index in [9.17, 15) is 8.42 Å². The second kappa shape index (κ2) is 5.97. The number of anilines is 1. The third kappa shape index (κ3) is 2.63. The quantitative estimate of drug-likeness (QED) is 0.534. The van der Waals surface area contributed by atoms with Gasteiger partial charge in [0.25, 0.3) is 10.0 Å². The number of aryl methyl sites for hydroxylation is 1. The van der Waals surface area contributed by atoms with Crippen LogP contribution in [0.25, 0.3) is 10.4 Å². The number of sulfonamides is 1. The van der Waals surface area contributed by atoms with E-state index in [4.69, 9.17) is 0 Å². The number of hydrogen-bond donors (Lipinski definition) is 0. The van der Waals surface area contributed by atoms with Crippen molar-refractivity contribution in [2.24, 2.45) is 0 Å². The number of fused-ring (bicyclic) bond motifs is 3. The van der Waals surface area contributed by atoms with Gasteiger partial charge in [0.2, 0.25) is 0 Å². The first-order chi connectivity index (χ1) is 11.9. The van der Waals surface area contributed by atoms with E-state index in [0.717, 1.165) is 36.6 Å². The lowest BCUT2D eigenvalue weighted by Crippen LogP contribution is -2.33. The molecule has 1 aliphatic rings. The number of nitrogens with zero attached hydrogens (tertiary/aromatic N) is 1. The molecular weight excluding hydrogens is 418 g/mol. The highest BCUT2D eigenvalue weighted by atomic mass is 79.9. The maximum Gasteiger partial charge on any atom is 0.264 e. The predicted octanol–water partition coefficient (Wildman–Crippen LogP) is 5.50. The molecule has 0 bridgehead atoms. The minimum absolute atomic E-state index is 0.324. The zero-order valence-electron chi connectivity index (χ0n) is 13.8. The van der Waals surface area contributed by atoms with Gasteiger partial charge in [-0.25, -0.2) is 8.42 Å². The number of halogens is 1. The molecule has 0 radical (unpaired) electrons. The van der Waals surface area contributed by atoms with E-state index in [-0.39, 0.29) is 0 Å². The molecule has 0 aliphatic carbocycles. The van der Waals surface area contributed by atoms with Crippen LogP contribution in [-0.2, 0) is 16.6 Å². The second-order valence-electron chi connectivity index (χ2n) is 6.16. The highest BCUT2D eigenvalue weighted by molar-refractivity contribution is 9.11. The molecule has 2 heterocycles. The average molecular weight is 434 g/mol. The summed E-state index contributed by atoms with van der Waals surface area (Å²) in [6.45, 7) is 4.26. The maximum absolute atomic E-state index is 13.3. The van der Waals surface area contributed by atoms with E-state index in [1.165, 1.54) is 0 Å². The van der Waals surface area contributed by atoms with Crippen molar-refractivity contribution in [3.8, 4) is 10.4 Å². The van der Waals surface area contributed by atoms with Crippen LogP contribution in [0.1, 0.15) is 16.7 Å². The fourth-order valence-corrected chi connectivity index (χ4v) is 6.46. The third-order valence-corrected chi connectivity index (χ3v) is 8.43. The van der Waals surface area contributed by atoms with Crippen molar-refractivity contribution in [3.05, 3.63) is 69.0 Å². The molecule has 1 aromatic heterocycles. The van der Waals surface area contributed by atoms with Gasteiger partial charge in [0, 0.05) is 0 Å². The summed E-state index contributed by atoms with van der Waals surface area (Å²) in [7, 11) is -3.62. The van der Waals surface area contributed by atoms with Crippen LogP contribution < -0.4 is 4.31 Å². The monoisotopic (exact) mass is 433 g/mol. The van der Waals surface area contributed by atoms with Crippen molar-refractivity contribution in [3.63, 3.8) is 0 Å². The normalized spacial score (nSPS) is 13.5. The predicted molar refractivity (Wildman–Crippen MR) is 107 cm³/mol. The van der Waals surface area contributed by atoms with Gasteiger partial charge in [-0.1, -0.05) is 42.0 Å². The first-order valence-corrected chi connectivity index (χ1v) is 10.9. The summed E-state index contributed by atoms with van der Waals surface area (Å²) in [4.78, 5) is 1.33. The van der Waals surface area contributed by atoms with Gasteiger partial charge in [-0.3, -0.25) is 4.31 Å². The molecule has 0 amide bonds. The van der Waals surface area contributed by atoms with E-state index < -0.39 is 10.0 Å². The van der Waals surface area contributed by atoms with Gasteiger partial charge in [-0.2, -0.15) is 0 Å². The summed E-state index contributed by atoms with van der Waals surface area (Å²) in [6.07, 6.45) is 0. The largest absolute Gasteiger partial charge is 0.264 e. The Bertz CT molecular complexity index is 1070. The van der Waals surface area contributed by atoms with Gasteiger partial charge in [0.1, 0.15) is 0 Å². The first kappa shape index (κ1) is 16.8. The minimum atomic E-state index is -3.62. The Hall–Kier alpha value is -1.63. The number of rotatable bonds is 2. The van der Waals surface area contributed by atoms with Crippen molar-refractivity contribution in [1.29, 1.82) is 0 Å². The smallest absolute Gasteiger partial charge is 0.260 e. The third-order valence-electron chi connectivity index (χ3n) is 4.49.